The number of primary amides is 1. The minimum Gasteiger partial charge on any atom is -0.483 e. The Labute approximate surface area is 139 Å². The number of nitrogens with two attached hydrogens (primary N) is 1. The molecule has 0 saturated heterocycles. The summed E-state index contributed by atoms with van der Waals surface area (Å²) in [7, 11) is 0. The highest BCUT2D eigenvalue weighted by Crippen LogP contribution is 2.25. The van der Waals surface area contributed by atoms with Crippen LogP contribution < -0.4 is 15.8 Å². The molecule has 2 amide bonds. The smallest absolute Gasteiger partial charge is 0.262 e. The van der Waals surface area contributed by atoms with E-state index in [1.165, 1.54) is 0 Å². The lowest BCUT2D eigenvalue weighted by Crippen LogP contribution is -2.22. The fraction of sp³-hybridized carbons (Fsp3) is 0.0526. The van der Waals surface area contributed by atoms with Gasteiger partial charge in [0.25, 0.3) is 11.8 Å². The zero-order valence-corrected chi connectivity index (χ0v) is 12.9. The average molecular weight is 320 g/mol. The summed E-state index contributed by atoms with van der Waals surface area (Å²) in [5, 5.41) is 4.62. The van der Waals surface area contributed by atoms with Crippen LogP contribution in [0, 0.1) is 0 Å². The molecule has 0 atom stereocenters. The number of benzene rings is 3. The lowest BCUT2D eigenvalue weighted by atomic mass is 10.1. The summed E-state index contributed by atoms with van der Waals surface area (Å²) in [6.07, 6.45) is 0. The first-order chi connectivity index (χ1) is 11.6. The van der Waals surface area contributed by atoms with Crippen molar-refractivity contribution in [3.63, 3.8) is 0 Å². The highest BCUT2D eigenvalue weighted by molar-refractivity contribution is 6.03. The number of anilines is 1. The highest BCUT2D eigenvalue weighted by Gasteiger charge is 2.11. The second-order valence-corrected chi connectivity index (χ2v) is 5.22. The summed E-state index contributed by atoms with van der Waals surface area (Å²) < 4.78 is 5.63. The normalized spacial score (nSPS) is 10.3. The molecule has 0 spiro atoms. The van der Waals surface area contributed by atoms with Crippen LogP contribution in [0.2, 0.25) is 0 Å². The van der Waals surface area contributed by atoms with Gasteiger partial charge in [0.15, 0.2) is 6.61 Å². The molecule has 3 rings (SSSR count). The van der Waals surface area contributed by atoms with Gasteiger partial charge in [0.05, 0.1) is 11.3 Å². The minimum absolute atomic E-state index is 0.166. The predicted octanol–water partition coefficient (Wildman–Crippen LogP) is 2.96. The van der Waals surface area contributed by atoms with Gasteiger partial charge in [-0.2, -0.15) is 0 Å². The molecule has 0 bridgehead atoms. The van der Waals surface area contributed by atoms with Crippen LogP contribution in [-0.4, -0.2) is 18.4 Å². The van der Waals surface area contributed by atoms with E-state index in [4.69, 9.17) is 10.5 Å². The highest BCUT2D eigenvalue weighted by atomic mass is 16.5. The van der Waals surface area contributed by atoms with Crippen molar-refractivity contribution in [2.75, 3.05) is 11.9 Å². The fourth-order valence-corrected chi connectivity index (χ4v) is 2.46. The molecule has 0 aliphatic carbocycles. The number of fused-ring (bicyclic) bond motifs is 1. The van der Waals surface area contributed by atoms with Gasteiger partial charge in [-0.3, -0.25) is 9.59 Å². The molecular weight excluding hydrogens is 304 g/mol. The summed E-state index contributed by atoms with van der Waals surface area (Å²) in [5.74, 6) is -0.330. The zero-order valence-electron chi connectivity index (χ0n) is 12.9. The van der Waals surface area contributed by atoms with Crippen molar-refractivity contribution in [1.82, 2.24) is 0 Å². The Kier molecular flexibility index (Phi) is 4.43. The molecule has 0 unspecified atom stereocenters. The van der Waals surface area contributed by atoms with Crippen LogP contribution in [0.3, 0.4) is 0 Å². The van der Waals surface area contributed by atoms with Gasteiger partial charge in [0.2, 0.25) is 0 Å². The van der Waals surface area contributed by atoms with E-state index < -0.39 is 5.91 Å². The van der Waals surface area contributed by atoms with Crippen molar-refractivity contribution >= 4 is 28.3 Å². The Morgan fingerprint density at radius 3 is 2.46 bits per heavy atom. The molecule has 0 aliphatic rings. The first-order valence-corrected chi connectivity index (χ1v) is 7.44. The van der Waals surface area contributed by atoms with E-state index in [1.807, 2.05) is 42.5 Å². The van der Waals surface area contributed by atoms with Crippen LogP contribution in [0.1, 0.15) is 10.4 Å². The summed E-state index contributed by atoms with van der Waals surface area (Å²) in [5.41, 5.74) is 5.93. The van der Waals surface area contributed by atoms with Crippen molar-refractivity contribution in [3.05, 3.63) is 72.3 Å². The number of carbonyl (C=O) groups is 2. The zero-order chi connectivity index (χ0) is 16.9. The van der Waals surface area contributed by atoms with Crippen LogP contribution in [-0.2, 0) is 4.79 Å². The Bertz CT molecular complexity index is 901. The third kappa shape index (κ3) is 3.35. The van der Waals surface area contributed by atoms with E-state index in [0.29, 0.717) is 11.4 Å². The Morgan fingerprint density at radius 1 is 0.917 bits per heavy atom. The molecule has 0 aromatic heterocycles. The molecule has 5 nitrogen and oxygen atoms in total. The molecule has 0 fully saturated rings. The topological polar surface area (TPSA) is 81.4 Å². The molecule has 5 heteroatoms. The van der Waals surface area contributed by atoms with Gasteiger partial charge in [-0.15, -0.1) is 0 Å². The van der Waals surface area contributed by atoms with E-state index in [2.05, 4.69) is 5.32 Å². The largest absolute Gasteiger partial charge is 0.483 e. The van der Waals surface area contributed by atoms with Crippen LogP contribution in [0.25, 0.3) is 10.8 Å². The maximum Gasteiger partial charge on any atom is 0.262 e. The SMILES string of the molecule is NC(=O)c1ccccc1NC(=O)COc1cccc2ccccc12. The molecule has 3 N–H and O–H groups in total. The van der Waals surface area contributed by atoms with E-state index in [-0.39, 0.29) is 18.1 Å². The summed E-state index contributed by atoms with van der Waals surface area (Å²) in [6.45, 7) is -0.166. The molecule has 3 aromatic rings. The van der Waals surface area contributed by atoms with E-state index in [9.17, 15) is 9.59 Å². The van der Waals surface area contributed by atoms with Crippen molar-refractivity contribution in [2.24, 2.45) is 5.73 Å². The number of ether oxygens (including phenoxy) is 1. The number of para-hydroxylation sites is 1. The number of hydrogen-bond acceptors (Lipinski definition) is 3. The summed E-state index contributed by atoms with van der Waals surface area (Å²) in [4.78, 5) is 23.5. The summed E-state index contributed by atoms with van der Waals surface area (Å²) in [6, 6.07) is 20.0. The van der Waals surface area contributed by atoms with Gasteiger partial charge in [-0.25, -0.2) is 0 Å². The van der Waals surface area contributed by atoms with Crippen molar-refractivity contribution in [1.29, 1.82) is 0 Å². The van der Waals surface area contributed by atoms with Crippen LogP contribution in [0.4, 0.5) is 5.69 Å². The molecule has 120 valence electrons. The quantitative estimate of drug-likeness (QED) is 0.758. The number of rotatable bonds is 5. The molecule has 24 heavy (non-hydrogen) atoms. The van der Waals surface area contributed by atoms with Gasteiger partial charge in [-0.05, 0) is 23.6 Å². The number of hydrogen-bond donors (Lipinski definition) is 2. The van der Waals surface area contributed by atoms with Crippen LogP contribution in [0.5, 0.6) is 5.75 Å². The lowest BCUT2D eigenvalue weighted by molar-refractivity contribution is -0.118. The number of carbonyl (C=O) groups excluding carboxylic acids is 2. The van der Waals surface area contributed by atoms with Gasteiger partial charge in [-0.1, -0.05) is 48.5 Å². The van der Waals surface area contributed by atoms with E-state index in [1.54, 1.807) is 24.3 Å². The average Bonchev–Trinajstić information content (AvgIpc) is 2.60. The van der Waals surface area contributed by atoms with Crippen molar-refractivity contribution in [3.8, 4) is 5.75 Å². The Morgan fingerprint density at radius 2 is 1.62 bits per heavy atom. The van der Waals surface area contributed by atoms with E-state index in [0.717, 1.165) is 10.8 Å². The molecule has 0 heterocycles. The maximum atomic E-state index is 12.1. The molecule has 0 saturated carbocycles. The third-order valence-corrected chi connectivity index (χ3v) is 3.58. The first-order valence-electron chi connectivity index (χ1n) is 7.44. The first kappa shape index (κ1) is 15.6. The van der Waals surface area contributed by atoms with Crippen LogP contribution >= 0.6 is 0 Å². The second kappa shape index (κ2) is 6.83. The minimum atomic E-state index is -0.596. The lowest BCUT2D eigenvalue weighted by Gasteiger charge is -2.11. The molecule has 0 aliphatic heterocycles. The van der Waals surface area contributed by atoms with Crippen LogP contribution in [0.15, 0.2) is 66.7 Å². The van der Waals surface area contributed by atoms with Gasteiger partial charge >= 0.3 is 0 Å². The van der Waals surface area contributed by atoms with Crippen molar-refractivity contribution in [2.45, 2.75) is 0 Å². The molecule has 3 aromatic carbocycles. The Balaban J connectivity index is 1.71. The Hall–Kier alpha value is -3.34. The standard InChI is InChI=1S/C19H16N2O3/c20-19(23)15-9-3-4-10-16(15)21-18(22)12-24-17-11-5-7-13-6-1-2-8-14(13)17/h1-11H,12H2,(H2,20,23)(H,21,22). The van der Waals surface area contributed by atoms with Gasteiger partial charge in [0.1, 0.15) is 5.75 Å². The molecule has 0 radical (unpaired) electrons. The maximum absolute atomic E-state index is 12.1. The van der Waals surface area contributed by atoms with Gasteiger partial charge in [0, 0.05) is 5.39 Å². The number of amides is 2. The van der Waals surface area contributed by atoms with E-state index >= 15 is 0 Å². The predicted molar refractivity (Wildman–Crippen MR) is 93.0 cm³/mol. The number of nitrogens with one attached hydrogen (secondary N) is 1. The third-order valence-electron chi connectivity index (χ3n) is 3.58. The second-order valence-electron chi connectivity index (χ2n) is 5.22. The van der Waals surface area contributed by atoms with Crippen molar-refractivity contribution < 1.29 is 14.3 Å². The monoisotopic (exact) mass is 320 g/mol. The fourth-order valence-electron chi connectivity index (χ4n) is 2.46. The summed E-state index contributed by atoms with van der Waals surface area (Å²) >= 11 is 0. The van der Waals surface area contributed by atoms with Gasteiger partial charge < -0.3 is 15.8 Å². The molecular formula is C19H16N2O3.